The molecule has 40 heavy (non-hydrogen) atoms. The third-order valence-electron chi connectivity index (χ3n) is 7.93. The average Bonchev–Trinajstić information content (AvgIpc) is 2.97. The van der Waals surface area contributed by atoms with Gasteiger partial charge in [-0.15, -0.1) is 0 Å². The molecule has 1 unspecified atom stereocenters. The Morgan fingerprint density at radius 3 is 2.23 bits per heavy atom. The molecule has 0 aliphatic carbocycles. The summed E-state index contributed by atoms with van der Waals surface area (Å²) < 4.78 is 16.3. The Morgan fingerprint density at radius 2 is 1.57 bits per heavy atom. The molecule has 2 atom stereocenters. The highest BCUT2D eigenvalue weighted by molar-refractivity contribution is 6.30. The zero-order valence-corrected chi connectivity index (χ0v) is 23.1. The van der Waals surface area contributed by atoms with Gasteiger partial charge in [-0.25, -0.2) is 9.69 Å². The van der Waals surface area contributed by atoms with Crippen LogP contribution in [-0.2, 0) is 22.4 Å². The molecule has 9 nitrogen and oxygen atoms in total. The van der Waals surface area contributed by atoms with Crippen molar-refractivity contribution >= 4 is 23.5 Å². The number of nitrogens with one attached hydrogen (secondary N) is 1. The Hall–Kier alpha value is -4.37. The Balaban J connectivity index is 1.56. The third-order valence-corrected chi connectivity index (χ3v) is 7.93. The number of fused-ring (bicyclic) bond motifs is 1. The number of hydrogen-bond acceptors (Lipinski definition) is 7. The van der Waals surface area contributed by atoms with Gasteiger partial charge in [0, 0.05) is 19.1 Å². The second-order valence-corrected chi connectivity index (χ2v) is 10.1. The highest BCUT2D eigenvalue weighted by Crippen LogP contribution is 2.41. The Labute approximate surface area is 233 Å². The van der Waals surface area contributed by atoms with E-state index < -0.39 is 23.3 Å². The monoisotopic (exact) mass is 543 g/mol. The van der Waals surface area contributed by atoms with Crippen LogP contribution in [0.2, 0.25) is 0 Å². The van der Waals surface area contributed by atoms with Crippen molar-refractivity contribution in [2.45, 2.75) is 25.8 Å². The van der Waals surface area contributed by atoms with E-state index in [0.717, 1.165) is 21.6 Å². The minimum absolute atomic E-state index is 0.111. The fourth-order valence-corrected chi connectivity index (χ4v) is 5.69. The van der Waals surface area contributed by atoms with Crippen molar-refractivity contribution in [3.8, 4) is 17.2 Å². The minimum atomic E-state index is -1.55. The Kier molecular flexibility index (Phi) is 7.49. The molecule has 1 fully saturated rings. The smallest absolute Gasteiger partial charge is 0.335 e. The zero-order chi connectivity index (χ0) is 28.4. The Bertz CT molecular complexity index is 1420. The molecule has 4 amide bonds. The maximum Gasteiger partial charge on any atom is 0.335 e. The molecule has 2 aliphatic rings. The van der Waals surface area contributed by atoms with Gasteiger partial charge in [0.15, 0.2) is 11.5 Å². The van der Waals surface area contributed by atoms with Crippen LogP contribution in [0.15, 0.2) is 66.7 Å². The normalized spacial score (nSPS) is 21.1. The number of nitrogens with zero attached hydrogens (tertiary/aromatic N) is 2. The molecule has 0 spiro atoms. The average molecular weight is 544 g/mol. The first-order valence-corrected chi connectivity index (χ1v) is 13.2. The number of ether oxygens (including phenoxy) is 3. The number of urea groups is 1. The predicted molar refractivity (Wildman–Crippen MR) is 150 cm³/mol. The van der Waals surface area contributed by atoms with Gasteiger partial charge in [-0.2, -0.15) is 0 Å². The lowest BCUT2D eigenvalue weighted by Gasteiger charge is -2.45. The van der Waals surface area contributed by atoms with Gasteiger partial charge < -0.3 is 14.2 Å². The van der Waals surface area contributed by atoms with Gasteiger partial charge in [-0.1, -0.05) is 30.3 Å². The van der Waals surface area contributed by atoms with Crippen LogP contribution in [0, 0.1) is 5.41 Å². The van der Waals surface area contributed by atoms with Gasteiger partial charge in [-0.05, 0) is 72.9 Å². The van der Waals surface area contributed by atoms with Gasteiger partial charge in [0.05, 0.1) is 27.0 Å². The fraction of sp³-hybridized carbons (Fsp3) is 0.323. The summed E-state index contributed by atoms with van der Waals surface area (Å²) in [5.74, 6) is 0.806. The van der Waals surface area contributed by atoms with E-state index in [1.165, 1.54) is 0 Å². The molecule has 208 valence electrons. The van der Waals surface area contributed by atoms with Gasteiger partial charge in [0.1, 0.15) is 11.2 Å². The van der Waals surface area contributed by atoms with Gasteiger partial charge in [0.2, 0.25) is 5.91 Å². The van der Waals surface area contributed by atoms with E-state index in [1.807, 2.05) is 30.3 Å². The second kappa shape index (κ2) is 11.0. The van der Waals surface area contributed by atoms with Crippen molar-refractivity contribution < 1.29 is 28.6 Å². The Morgan fingerprint density at radius 1 is 0.900 bits per heavy atom. The van der Waals surface area contributed by atoms with Crippen LogP contribution in [0.25, 0.3) is 0 Å². The number of carbonyl (C=O) groups excluding carboxylic acids is 3. The molecule has 9 heteroatoms. The summed E-state index contributed by atoms with van der Waals surface area (Å²) in [6, 6.07) is 19.0. The van der Waals surface area contributed by atoms with Crippen LogP contribution < -0.4 is 24.4 Å². The summed E-state index contributed by atoms with van der Waals surface area (Å²) in [7, 11) is 4.79. The summed E-state index contributed by atoms with van der Waals surface area (Å²) in [4.78, 5) is 44.4. The number of methoxy groups -OCH3 is 3. The molecule has 0 radical (unpaired) electrons. The van der Waals surface area contributed by atoms with E-state index in [4.69, 9.17) is 14.2 Å². The first kappa shape index (κ1) is 27.2. The van der Waals surface area contributed by atoms with E-state index >= 15 is 0 Å². The number of para-hydroxylation sites is 1. The fourth-order valence-electron chi connectivity index (χ4n) is 5.69. The van der Waals surface area contributed by atoms with Gasteiger partial charge >= 0.3 is 6.03 Å². The number of benzene rings is 3. The molecule has 1 saturated heterocycles. The summed E-state index contributed by atoms with van der Waals surface area (Å²) >= 11 is 0. The summed E-state index contributed by atoms with van der Waals surface area (Å²) in [5.41, 5.74) is 1.81. The molecule has 0 aromatic heterocycles. The molecular weight excluding hydrogens is 510 g/mol. The van der Waals surface area contributed by atoms with Crippen LogP contribution in [-0.4, -0.2) is 57.2 Å². The number of hydrogen-bond donors (Lipinski definition) is 1. The summed E-state index contributed by atoms with van der Waals surface area (Å²) in [5, 5.41) is 2.49. The number of carbonyl (C=O) groups is 3. The molecule has 2 aliphatic heterocycles. The van der Waals surface area contributed by atoms with Crippen LogP contribution in [0.4, 0.5) is 10.5 Å². The lowest BCUT2D eigenvalue weighted by molar-refractivity contribution is -0.144. The summed E-state index contributed by atoms with van der Waals surface area (Å²) in [6.45, 7) is 2.79. The van der Waals surface area contributed by atoms with Crippen molar-refractivity contribution in [2.75, 3.05) is 39.3 Å². The molecule has 0 saturated carbocycles. The van der Waals surface area contributed by atoms with E-state index in [-0.39, 0.29) is 19.0 Å². The van der Waals surface area contributed by atoms with E-state index in [2.05, 4.69) is 17.1 Å². The van der Waals surface area contributed by atoms with Crippen LogP contribution in [0.1, 0.15) is 29.7 Å². The van der Waals surface area contributed by atoms with Crippen molar-refractivity contribution in [3.05, 3.63) is 83.4 Å². The van der Waals surface area contributed by atoms with E-state index in [0.29, 0.717) is 35.9 Å². The first-order valence-electron chi connectivity index (χ1n) is 13.2. The quantitative estimate of drug-likeness (QED) is 0.427. The van der Waals surface area contributed by atoms with E-state index in [1.54, 1.807) is 57.7 Å². The van der Waals surface area contributed by atoms with Crippen LogP contribution in [0.3, 0.4) is 0 Å². The molecule has 2 heterocycles. The largest absolute Gasteiger partial charge is 0.497 e. The minimum Gasteiger partial charge on any atom is -0.497 e. The SMILES string of the molecule is COc1ccc(CC2(CN3CCc4cc(OC)c(OC)cc4[C@@H]3C)C(=O)NC(=O)N(c3ccccc3)C2=O)cc1. The third kappa shape index (κ3) is 4.77. The van der Waals surface area contributed by atoms with Crippen molar-refractivity contribution in [1.29, 1.82) is 0 Å². The molecule has 5 rings (SSSR count). The lowest BCUT2D eigenvalue weighted by Crippen LogP contribution is -2.68. The standard InChI is InChI=1S/C31H33N3O6/c1-20-25-17-27(40-4)26(39-3)16-22(25)14-15-33(20)19-31(18-21-10-12-24(38-2)13-11-21)28(35)32-30(37)34(29(31)36)23-8-6-5-7-9-23/h5-13,16-17,20H,14-15,18-19H2,1-4H3,(H,32,35,37)/t20-,31?/m0/s1. The number of barbiturate groups is 1. The molecule has 3 aromatic rings. The van der Waals surface area contributed by atoms with Crippen molar-refractivity contribution in [1.82, 2.24) is 10.2 Å². The summed E-state index contributed by atoms with van der Waals surface area (Å²) in [6.07, 6.45) is 0.816. The highest BCUT2D eigenvalue weighted by Gasteiger charge is 2.55. The number of rotatable bonds is 8. The highest BCUT2D eigenvalue weighted by atomic mass is 16.5. The number of amides is 4. The predicted octanol–water partition coefficient (Wildman–Crippen LogP) is 4.14. The zero-order valence-electron chi connectivity index (χ0n) is 23.1. The maximum atomic E-state index is 14.4. The van der Waals surface area contributed by atoms with Gasteiger partial charge in [0.25, 0.3) is 5.91 Å². The van der Waals surface area contributed by atoms with Crippen LogP contribution in [0.5, 0.6) is 17.2 Å². The van der Waals surface area contributed by atoms with E-state index in [9.17, 15) is 14.4 Å². The molecule has 1 N–H and O–H groups in total. The molecule has 3 aromatic carbocycles. The topological polar surface area (TPSA) is 97.4 Å². The van der Waals surface area contributed by atoms with Crippen molar-refractivity contribution in [3.63, 3.8) is 0 Å². The van der Waals surface area contributed by atoms with Gasteiger partial charge in [-0.3, -0.25) is 19.8 Å². The number of imide groups is 2. The number of anilines is 1. The molecule has 0 bridgehead atoms. The second-order valence-electron chi connectivity index (χ2n) is 10.1. The molecular formula is C31H33N3O6. The first-order chi connectivity index (χ1) is 19.3. The van der Waals surface area contributed by atoms with Crippen LogP contribution >= 0.6 is 0 Å². The maximum absolute atomic E-state index is 14.4. The van der Waals surface area contributed by atoms with Crippen molar-refractivity contribution in [2.24, 2.45) is 5.41 Å². The lowest BCUT2D eigenvalue weighted by atomic mass is 9.76.